The van der Waals surface area contributed by atoms with Gasteiger partial charge in [-0.15, -0.1) is 10.2 Å². The Balaban J connectivity index is 1.87. The van der Waals surface area contributed by atoms with Gasteiger partial charge < -0.3 is 10.1 Å². The second kappa shape index (κ2) is 8.62. The van der Waals surface area contributed by atoms with Crippen molar-refractivity contribution in [3.8, 4) is 5.75 Å². The summed E-state index contributed by atoms with van der Waals surface area (Å²) in [5, 5.41) is 12.7. The number of rotatable bonds is 8. The van der Waals surface area contributed by atoms with E-state index in [1.807, 2.05) is 24.3 Å². The van der Waals surface area contributed by atoms with Crippen LogP contribution in [0.4, 0.5) is 5.13 Å². The summed E-state index contributed by atoms with van der Waals surface area (Å²) in [5.74, 6) is 1.19. The Bertz CT molecular complexity index is 638. The molecule has 23 heavy (non-hydrogen) atoms. The lowest BCUT2D eigenvalue weighted by Gasteiger charge is -2.06. The number of carbonyl (C=O) groups excluding carboxylic acids is 1. The van der Waals surface area contributed by atoms with Gasteiger partial charge in [0.2, 0.25) is 11.0 Å². The van der Waals surface area contributed by atoms with Gasteiger partial charge in [-0.25, -0.2) is 0 Å². The van der Waals surface area contributed by atoms with E-state index in [1.165, 1.54) is 11.3 Å². The average molecular weight is 333 g/mol. The van der Waals surface area contributed by atoms with Crippen molar-refractivity contribution in [3.05, 3.63) is 34.8 Å². The van der Waals surface area contributed by atoms with Gasteiger partial charge in [0.25, 0.3) is 0 Å². The van der Waals surface area contributed by atoms with Crippen LogP contribution < -0.4 is 10.1 Å². The highest BCUT2D eigenvalue weighted by molar-refractivity contribution is 7.15. The van der Waals surface area contributed by atoms with Gasteiger partial charge in [0.1, 0.15) is 10.8 Å². The normalized spacial score (nSPS) is 10.8. The van der Waals surface area contributed by atoms with E-state index in [9.17, 15) is 4.79 Å². The monoisotopic (exact) mass is 333 g/mol. The number of nitrogens with zero attached hydrogens (tertiary/aromatic N) is 2. The van der Waals surface area contributed by atoms with Crippen molar-refractivity contribution in [3.63, 3.8) is 0 Å². The number of amides is 1. The minimum atomic E-state index is -0.0416. The lowest BCUT2D eigenvalue weighted by atomic mass is 10.1. The van der Waals surface area contributed by atoms with Crippen LogP contribution in [-0.4, -0.2) is 23.2 Å². The molecule has 1 aromatic carbocycles. The van der Waals surface area contributed by atoms with Gasteiger partial charge in [0.15, 0.2) is 0 Å². The van der Waals surface area contributed by atoms with Crippen molar-refractivity contribution in [1.82, 2.24) is 10.2 Å². The Morgan fingerprint density at radius 2 is 2.09 bits per heavy atom. The summed E-state index contributed by atoms with van der Waals surface area (Å²) < 4.78 is 5.19. The molecule has 1 aromatic heterocycles. The predicted octanol–water partition coefficient (Wildman–Crippen LogP) is 4.02. The van der Waals surface area contributed by atoms with E-state index in [2.05, 4.69) is 29.4 Å². The summed E-state index contributed by atoms with van der Waals surface area (Å²) in [6, 6.07) is 7.76. The van der Waals surface area contributed by atoms with E-state index < -0.39 is 0 Å². The molecule has 2 rings (SSSR count). The first-order valence-corrected chi connectivity index (χ1v) is 8.74. The van der Waals surface area contributed by atoms with Crippen molar-refractivity contribution in [2.45, 2.75) is 45.4 Å². The van der Waals surface area contributed by atoms with Crippen molar-refractivity contribution >= 4 is 22.4 Å². The van der Waals surface area contributed by atoms with E-state index >= 15 is 0 Å². The Morgan fingerprint density at radius 1 is 1.30 bits per heavy atom. The Labute approximate surface area is 141 Å². The number of ether oxygens (including phenoxy) is 1. The van der Waals surface area contributed by atoms with Crippen LogP contribution in [0.3, 0.4) is 0 Å². The van der Waals surface area contributed by atoms with Gasteiger partial charge in [0, 0.05) is 12.3 Å². The molecule has 1 heterocycles. The highest BCUT2D eigenvalue weighted by Gasteiger charge is 2.14. The zero-order valence-corrected chi connectivity index (χ0v) is 14.7. The summed E-state index contributed by atoms with van der Waals surface area (Å²) >= 11 is 1.47. The maximum atomic E-state index is 12.1. The third-order valence-corrected chi connectivity index (χ3v) is 4.80. The van der Waals surface area contributed by atoms with Crippen LogP contribution in [0.25, 0.3) is 0 Å². The summed E-state index contributed by atoms with van der Waals surface area (Å²) in [4.78, 5) is 12.1. The van der Waals surface area contributed by atoms with Crippen LogP contribution in [0.15, 0.2) is 24.3 Å². The highest BCUT2D eigenvalue weighted by atomic mass is 32.1. The van der Waals surface area contributed by atoms with Gasteiger partial charge in [-0.1, -0.05) is 37.3 Å². The second-order valence-electron chi connectivity index (χ2n) is 5.36. The highest BCUT2D eigenvalue weighted by Crippen LogP contribution is 2.28. The molecule has 0 radical (unpaired) electrons. The lowest BCUT2D eigenvalue weighted by molar-refractivity contribution is -0.116. The maximum absolute atomic E-state index is 12.1. The summed E-state index contributed by atoms with van der Waals surface area (Å²) in [7, 11) is 1.64. The molecule has 0 aliphatic carbocycles. The number of aryl methyl sites for hydroxylation is 1. The average Bonchev–Trinajstić information content (AvgIpc) is 3.02. The van der Waals surface area contributed by atoms with Crippen LogP contribution in [0.2, 0.25) is 0 Å². The Kier molecular flexibility index (Phi) is 6.52. The van der Waals surface area contributed by atoms with Crippen LogP contribution >= 0.6 is 11.3 Å². The molecule has 0 spiro atoms. The van der Waals surface area contributed by atoms with Gasteiger partial charge in [-0.3, -0.25) is 4.79 Å². The molecule has 0 aliphatic heterocycles. The lowest BCUT2D eigenvalue weighted by Crippen LogP contribution is -2.12. The summed E-state index contributed by atoms with van der Waals surface area (Å²) in [6.07, 6.45) is 3.15. The summed E-state index contributed by atoms with van der Waals surface area (Å²) in [6.45, 7) is 4.28. The Hall–Kier alpha value is -1.95. The third kappa shape index (κ3) is 5.03. The number of anilines is 1. The molecule has 0 atom stereocenters. The predicted molar refractivity (Wildman–Crippen MR) is 93.2 cm³/mol. The fourth-order valence-electron chi connectivity index (χ4n) is 2.36. The standard InChI is InChI=1S/C17H23N3O2S/c1-4-13(5-2)16-19-20-17(23-16)18-15(21)10-9-12-7-6-8-14(11-12)22-3/h6-8,11,13H,4-5,9-10H2,1-3H3,(H,18,20,21). The quantitative estimate of drug-likeness (QED) is 0.792. The minimum absolute atomic E-state index is 0.0416. The first-order chi connectivity index (χ1) is 11.2. The molecule has 6 heteroatoms. The number of benzene rings is 1. The molecular formula is C17H23N3O2S. The van der Waals surface area contributed by atoms with E-state index in [0.717, 1.165) is 29.2 Å². The molecular weight excluding hydrogens is 310 g/mol. The smallest absolute Gasteiger partial charge is 0.226 e. The molecule has 0 unspecified atom stereocenters. The topological polar surface area (TPSA) is 64.1 Å². The van der Waals surface area contributed by atoms with Gasteiger partial charge in [-0.2, -0.15) is 0 Å². The number of nitrogens with one attached hydrogen (secondary N) is 1. The zero-order chi connectivity index (χ0) is 16.7. The maximum Gasteiger partial charge on any atom is 0.226 e. The van der Waals surface area contributed by atoms with E-state index in [-0.39, 0.29) is 5.91 Å². The van der Waals surface area contributed by atoms with E-state index in [1.54, 1.807) is 7.11 Å². The third-order valence-electron chi connectivity index (χ3n) is 3.80. The van der Waals surface area contributed by atoms with Crippen molar-refractivity contribution in [1.29, 1.82) is 0 Å². The van der Waals surface area contributed by atoms with Gasteiger partial charge in [0.05, 0.1) is 7.11 Å². The SMILES string of the molecule is CCC(CC)c1nnc(NC(=O)CCc2cccc(OC)c2)s1. The van der Waals surface area contributed by atoms with Gasteiger partial charge in [-0.05, 0) is 37.0 Å². The number of methoxy groups -OCH3 is 1. The number of aromatic nitrogens is 2. The number of carbonyl (C=O) groups is 1. The first kappa shape index (κ1) is 17.4. The van der Waals surface area contributed by atoms with Crippen LogP contribution in [0.1, 0.15) is 49.6 Å². The minimum Gasteiger partial charge on any atom is -0.497 e. The molecule has 0 bridgehead atoms. The van der Waals surface area contributed by atoms with E-state index in [0.29, 0.717) is 23.9 Å². The Morgan fingerprint density at radius 3 is 2.78 bits per heavy atom. The van der Waals surface area contributed by atoms with Crippen molar-refractivity contribution < 1.29 is 9.53 Å². The summed E-state index contributed by atoms with van der Waals surface area (Å²) in [5.41, 5.74) is 1.08. The zero-order valence-electron chi connectivity index (χ0n) is 13.8. The first-order valence-electron chi connectivity index (χ1n) is 7.92. The van der Waals surface area contributed by atoms with Gasteiger partial charge >= 0.3 is 0 Å². The molecule has 0 aliphatic rings. The number of hydrogen-bond donors (Lipinski definition) is 1. The molecule has 5 nitrogen and oxygen atoms in total. The van der Waals surface area contributed by atoms with Crippen LogP contribution in [-0.2, 0) is 11.2 Å². The molecule has 1 amide bonds. The fourth-order valence-corrected chi connectivity index (χ4v) is 3.38. The molecule has 0 saturated carbocycles. The molecule has 0 saturated heterocycles. The molecule has 124 valence electrons. The fraction of sp³-hybridized carbons (Fsp3) is 0.471. The van der Waals surface area contributed by atoms with Crippen LogP contribution in [0, 0.1) is 0 Å². The van der Waals surface area contributed by atoms with E-state index in [4.69, 9.17) is 4.74 Å². The van der Waals surface area contributed by atoms with Crippen LogP contribution in [0.5, 0.6) is 5.75 Å². The molecule has 1 N–H and O–H groups in total. The van der Waals surface area contributed by atoms with Crippen molar-refractivity contribution in [2.24, 2.45) is 0 Å². The largest absolute Gasteiger partial charge is 0.497 e. The second-order valence-corrected chi connectivity index (χ2v) is 6.37. The number of hydrogen-bond acceptors (Lipinski definition) is 5. The van der Waals surface area contributed by atoms with Crippen molar-refractivity contribution in [2.75, 3.05) is 12.4 Å². The molecule has 0 fully saturated rings. The molecule has 2 aromatic rings.